The van der Waals surface area contributed by atoms with Gasteiger partial charge in [0.1, 0.15) is 0 Å². The van der Waals surface area contributed by atoms with Crippen LogP contribution in [0.1, 0.15) is 12.0 Å². The minimum Gasteiger partial charge on any atom is -0.274 e. The van der Waals surface area contributed by atoms with Crippen LogP contribution in [0.5, 0.6) is 0 Å². The first kappa shape index (κ1) is 14.3. The molecule has 5 aliphatic rings. The number of carbonyl (C=O) groups excluding carboxylic acids is 2. The Hall–Kier alpha value is -2.11. The molecule has 0 spiro atoms. The van der Waals surface area contributed by atoms with Crippen LogP contribution in [0.25, 0.3) is 0 Å². The molecule has 3 fully saturated rings. The highest BCUT2D eigenvalue weighted by atomic mass is 19.4. The molecule has 2 bridgehead atoms. The summed E-state index contributed by atoms with van der Waals surface area (Å²) in [5.41, 5.74) is -0.818. The fourth-order valence-corrected chi connectivity index (χ4v) is 5.03. The highest BCUT2D eigenvalue weighted by Crippen LogP contribution is 2.65. The number of benzene rings is 1. The Morgan fingerprint density at radius 1 is 0.958 bits per heavy atom. The number of halogens is 3. The molecule has 1 aromatic rings. The van der Waals surface area contributed by atoms with Gasteiger partial charge >= 0.3 is 6.18 Å². The topological polar surface area (TPSA) is 37.4 Å². The predicted octanol–water partition coefficient (Wildman–Crippen LogP) is 3.26. The quantitative estimate of drug-likeness (QED) is 0.584. The number of carbonyl (C=O) groups is 2. The molecule has 0 radical (unpaired) electrons. The Balaban J connectivity index is 1.55. The van der Waals surface area contributed by atoms with E-state index < -0.39 is 23.6 Å². The second kappa shape index (κ2) is 4.29. The van der Waals surface area contributed by atoms with Crippen molar-refractivity contribution in [2.45, 2.75) is 12.6 Å². The lowest BCUT2D eigenvalue weighted by Crippen LogP contribution is -2.40. The molecule has 1 saturated heterocycles. The number of anilines is 1. The van der Waals surface area contributed by atoms with Gasteiger partial charge in [0.05, 0.1) is 23.1 Å². The molecule has 1 aliphatic heterocycles. The molecular formula is C18H14F3NO2. The van der Waals surface area contributed by atoms with Crippen LogP contribution >= 0.6 is 0 Å². The zero-order valence-electron chi connectivity index (χ0n) is 12.5. The normalized spacial score (nSPS) is 39.2. The zero-order chi connectivity index (χ0) is 16.8. The molecule has 0 unspecified atom stereocenters. The van der Waals surface area contributed by atoms with E-state index in [0.29, 0.717) is 11.8 Å². The van der Waals surface area contributed by atoms with Crippen LogP contribution in [0.2, 0.25) is 0 Å². The summed E-state index contributed by atoms with van der Waals surface area (Å²) in [6.45, 7) is 0. The number of nitrogens with zero attached hydrogens (tertiary/aromatic N) is 1. The van der Waals surface area contributed by atoms with E-state index in [1.807, 2.05) is 12.2 Å². The lowest BCUT2D eigenvalue weighted by atomic mass is 9.63. The minimum atomic E-state index is -4.50. The molecule has 0 aromatic heterocycles. The molecule has 3 nitrogen and oxygen atoms in total. The molecule has 2 amide bonds. The Morgan fingerprint density at radius 2 is 1.54 bits per heavy atom. The SMILES string of the molecule is O=C1[C@@H]2[C@H]3C=C[C@@H]([C@@H]4C[C@@H]34)[C@H]2C(=O)N1c1cccc(C(F)(F)F)c1. The Kier molecular flexibility index (Phi) is 2.55. The van der Waals surface area contributed by atoms with Gasteiger partial charge in [0.15, 0.2) is 0 Å². The number of rotatable bonds is 1. The summed E-state index contributed by atoms with van der Waals surface area (Å²) < 4.78 is 38.8. The molecule has 0 N–H and O–H groups in total. The van der Waals surface area contributed by atoms with Crippen molar-refractivity contribution in [1.82, 2.24) is 0 Å². The van der Waals surface area contributed by atoms with Gasteiger partial charge in [-0.2, -0.15) is 13.2 Å². The zero-order valence-corrected chi connectivity index (χ0v) is 12.5. The summed E-state index contributed by atoms with van der Waals surface area (Å²) in [7, 11) is 0. The predicted molar refractivity (Wildman–Crippen MR) is 78.6 cm³/mol. The molecule has 6 atom stereocenters. The van der Waals surface area contributed by atoms with Crippen molar-refractivity contribution in [2.24, 2.45) is 35.5 Å². The summed E-state index contributed by atoms with van der Waals surface area (Å²) in [4.78, 5) is 26.7. The van der Waals surface area contributed by atoms with Crippen LogP contribution < -0.4 is 4.90 Å². The van der Waals surface area contributed by atoms with E-state index in [1.54, 1.807) is 0 Å². The summed E-state index contributed by atoms with van der Waals surface area (Å²) in [6, 6.07) is 4.48. The van der Waals surface area contributed by atoms with Gasteiger partial charge in [-0.3, -0.25) is 14.5 Å². The molecule has 2 saturated carbocycles. The summed E-state index contributed by atoms with van der Waals surface area (Å²) >= 11 is 0. The van der Waals surface area contributed by atoms with E-state index in [1.165, 1.54) is 12.1 Å². The third kappa shape index (κ3) is 1.69. The van der Waals surface area contributed by atoms with Crippen molar-refractivity contribution in [3.63, 3.8) is 0 Å². The number of imide groups is 1. The fraction of sp³-hybridized carbons (Fsp3) is 0.444. The van der Waals surface area contributed by atoms with Gasteiger partial charge in [-0.25, -0.2) is 0 Å². The Morgan fingerprint density at radius 3 is 2.08 bits per heavy atom. The number of hydrogen-bond donors (Lipinski definition) is 0. The third-order valence-corrected chi connectivity index (χ3v) is 6.09. The van der Waals surface area contributed by atoms with Gasteiger partial charge < -0.3 is 0 Å². The third-order valence-electron chi connectivity index (χ3n) is 6.09. The maximum absolute atomic E-state index is 12.9. The molecule has 124 valence electrons. The number of alkyl halides is 3. The average Bonchev–Trinajstić information content (AvgIpc) is 3.31. The summed E-state index contributed by atoms with van der Waals surface area (Å²) in [5.74, 6) is -0.395. The lowest BCUT2D eigenvalue weighted by Gasteiger charge is -2.37. The van der Waals surface area contributed by atoms with Gasteiger partial charge in [0, 0.05) is 0 Å². The van der Waals surface area contributed by atoms with Crippen molar-refractivity contribution in [1.29, 1.82) is 0 Å². The van der Waals surface area contributed by atoms with E-state index in [2.05, 4.69) is 0 Å². The molecule has 6 rings (SSSR count). The van der Waals surface area contributed by atoms with Crippen LogP contribution in [0, 0.1) is 35.5 Å². The molecular weight excluding hydrogens is 319 g/mol. The van der Waals surface area contributed by atoms with E-state index in [0.717, 1.165) is 23.5 Å². The van der Waals surface area contributed by atoms with Crippen molar-refractivity contribution >= 4 is 17.5 Å². The van der Waals surface area contributed by atoms with Crippen LogP contribution in [-0.4, -0.2) is 11.8 Å². The van der Waals surface area contributed by atoms with Crippen molar-refractivity contribution in [3.8, 4) is 0 Å². The number of allylic oxidation sites excluding steroid dienone is 2. The average molecular weight is 333 g/mol. The first-order valence-corrected chi connectivity index (χ1v) is 8.11. The molecule has 4 aliphatic carbocycles. The first-order valence-electron chi connectivity index (χ1n) is 8.11. The highest BCUT2D eigenvalue weighted by Gasteiger charge is 2.67. The molecule has 1 aromatic carbocycles. The molecule has 1 heterocycles. The van der Waals surface area contributed by atoms with Gasteiger partial charge in [-0.1, -0.05) is 18.2 Å². The number of amides is 2. The van der Waals surface area contributed by atoms with Gasteiger partial charge in [-0.15, -0.1) is 0 Å². The van der Waals surface area contributed by atoms with Crippen LogP contribution in [0.15, 0.2) is 36.4 Å². The Bertz CT molecular complexity index is 764. The van der Waals surface area contributed by atoms with E-state index in [9.17, 15) is 22.8 Å². The molecule has 24 heavy (non-hydrogen) atoms. The van der Waals surface area contributed by atoms with Crippen molar-refractivity contribution < 1.29 is 22.8 Å². The largest absolute Gasteiger partial charge is 0.416 e. The smallest absolute Gasteiger partial charge is 0.274 e. The summed E-state index contributed by atoms with van der Waals surface area (Å²) in [5, 5.41) is 0. The van der Waals surface area contributed by atoms with Crippen molar-refractivity contribution in [3.05, 3.63) is 42.0 Å². The van der Waals surface area contributed by atoms with Gasteiger partial charge in [0.2, 0.25) is 11.8 Å². The highest BCUT2D eigenvalue weighted by molar-refractivity contribution is 6.22. The van der Waals surface area contributed by atoms with E-state index in [4.69, 9.17) is 0 Å². The maximum atomic E-state index is 12.9. The Labute approximate surface area is 136 Å². The second-order valence-corrected chi connectivity index (χ2v) is 7.21. The van der Waals surface area contributed by atoms with Crippen LogP contribution in [0.4, 0.5) is 18.9 Å². The fourth-order valence-electron chi connectivity index (χ4n) is 5.03. The van der Waals surface area contributed by atoms with Gasteiger partial charge in [-0.05, 0) is 48.3 Å². The number of hydrogen-bond acceptors (Lipinski definition) is 2. The standard InChI is InChI=1S/C18H14F3NO2/c19-18(20,21)8-2-1-3-9(6-8)22-16(23)14-10-4-5-11(13-7-12(10)13)15(14)17(22)24/h1-6,10-15H,7H2/t10-,11-,12-,13-,14+,15+/m0/s1. The summed E-state index contributed by atoms with van der Waals surface area (Å²) in [6.07, 6.45) is 0.637. The first-order chi connectivity index (χ1) is 11.4. The van der Waals surface area contributed by atoms with Crippen LogP contribution in [0.3, 0.4) is 0 Å². The monoisotopic (exact) mass is 333 g/mol. The van der Waals surface area contributed by atoms with Crippen LogP contribution in [-0.2, 0) is 15.8 Å². The van der Waals surface area contributed by atoms with E-state index in [-0.39, 0.29) is 29.3 Å². The second-order valence-electron chi connectivity index (χ2n) is 7.21. The molecule has 6 heteroatoms. The lowest BCUT2D eigenvalue weighted by molar-refractivity contribution is -0.137. The minimum absolute atomic E-state index is 0.0299. The van der Waals surface area contributed by atoms with E-state index >= 15 is 0 Å². The van der Waals surface area contributed by atoms with Gasteiger partial charge in [0.25, 0.3) is 0 Å². The van der Waals surface area contributed by atoms with Crippen molar-refractivity contribution in [2.75, 3.05) is 4.90 Å². The maximum Gasteiger partial charge on any atom is 0.416 e.